The van der Waals surface area contributed by atoms with Crippen molar-refractivity contribution in [3.8, 4) is 55.8 Å². The molecular weight excluding hydrogens is 855 g/mol. The molecule has 1 heterocycles. The van der Waals surface area contributed by atoms with Crippen molar-refractivity contribution in [3.63, 3.8) is 0 Å². The number of unbranched alkanes of at least 4 members (excludes halogenated alkanes) is 3. The van der Waals surface area contributed by atoms with Gasteiger partial charge < -0.3 is 4.98 Å². The van der Waals surface area contributed by atoms with E-state index in [0.29, 0.717) is 0 Å². The SMILES string of the molecule is CCCC1(CCC)c2ccccc2-c2c[c-]c(-c3ccc(-c4cccc(-c5cccc(-c6cccc(CCCCCCc7ccccc7)c6)c5)c4)cn3)cc21.[Ir]. The molecule has 0 atom stereocenters. The van der Waals surface area contributed by atoms with Gasteiger partial charge in [0.1, 0.15) is 0 Å². The first-order valence-electron chi connectivity index (χ1n) is 20.6. The molecule has 1 aliphatic rings. The number of aryl methyl sites for hydroxylation is 2. The summed E-state index contributed by atoms with van der Waals surface area (Å²) in [5.74, 6) is 0. The molecule has 1 aliphatic carbocycles. The first-order chi connectivity index (χ1) is 27.1. The molecule has 8 rings (SSSR count). The van der Waals surface area contributed by atoms with Crippen LogP contribution in [0.4, 0.5) is 0 Å². The van der Waals surface area contributed by atoms with Crippen molar-refractivity contribution in [1.82, 2.24) is 4.98 Å². The maximum absolute atomic E-state index is 5.02. The molecule has 0 aliphatic heterocycles. The average molecular weight is 907 g/mol. The molecule has 1 nitrogen and oxygen atoms in total. The monoisotopic (exact) mass is 907 g/mol. The zero-order chi connectivity index (χ0) is 37.5. The van der Waals surface area contributed by atoms with E-state index in [4.69, 9.17) is 4.98 Å². The van der Waals surface area contributed by atoms with Crippen LogP contribution in [0.15, 0.2) is 158 Å². The number of rotatable bonds is 15. The quantitative estimate of drug-likeness (QED) is 0.0738. The van der Waals surface area contributed by atoms with Crippen molar-refractivity contribution in [3.05, 3.63) is 186 Å². The van der Waals surface area contributed by atoms with E-state index in [1.807, 2.05) is 6.20 Å². The number of fused-ring (bicyclic) bond motifs is 3. The summed E-state index contributed by atoms with van der Waals surface area (Å²) in [6, 6.07) is 59.5. The Morgan fingerprint density at radius 2 is 1.05 bits per heavy atom. The first kappa shape index (κ1) is 39.4. The summed E-state index contributed by atoms with van der Waals surface area (Å²) in [5, 5.41) is 0. The van der Waals surface area contributed by atoms with Gasteiger partial charge in [0.25, 0.3) is 0 Å². The van der Waals surface area contributed by atoms with Crippen molar-refractivity contribution in [2.24, 2.45) is 0 Å². The van der Waals surface area contributed by atoms with Crippen molar-refractivity contribution in [2.45, 2.75) is 83.5 Å². The molecule has 1 radical (unpaired) electrons. The Labute approximate surface area is 348 Å². The molecule has 56 heavy (non-hydrogen) atoms. The van der Waals surface area contributed by atoms with E-state index >= 15 is 0 Å². The summed E-state index contributed by atoms with van der Waals surface area (Å²) < 4.78 is 0. The summed E-state index contributed by atoms with van der Waals surface area (Å²) in [6.45, 7) is 4.63. The van der Waals surface area contributed by atoms with Gasteiger partial charge in [0.05, 0.1) is 0 Å². The second-order valence-corrected chi connectivity index (χ2v) is 15.5. The molecule has 0 spiro atoms. The largest absolute Gasteiger partial charge is 0.304 e. The number of hydrogen-bond donors (Lipinski definition) is 0. The topological polar surface area (TPSA) is 12.9 Å². The second kappa shape index (κ2) is 18.4. The number of benzene rings is 6. The smallest absolute Gasteiger partial charge is 0.0239 e. The molecule has 0 bridgehead atoms. The van der Waals surface area contributed by atoms with Gasteiger partial charge in [-0.25, -0.2) is 0 Å². The van der Waals surface area contributed by atoms with E-state index < -0.39 is 0 Å². The molecule has 1 aromatic heterocycles. The Morgan fingerprint density at radius 1 is 0.482 bits per heavy atom. The van der Waals surface area contributed by atoms with Crippen LogP contribution in [0.25, 0.3) is 55.8 Å². The van der Waals surface area contributed by atoms with E-state index in [1.165, 1.54) is 93.3 Å². The fourth-order valence-corrected chi connectivity index (χ4v) is 9.10. The third-order valence-electron chi connectivity index (χ3n) is 11.8. The maximum Gasteiger partial charge on any atom is 0.0239 e. The van der Waals surface area contributed by atoms with Crippen LogP contribution in [-0.4, -0.2) is 4.98 Å². The first-order valence-corrected chi connectivity index (χ1v) is 20.6. The predicted octanol–water partition coefficient (Wildman–Crippen LogP) is 14.8. The summed E-state index contributed by atoms with van der Waals surface area (Å²) in [5.41, 5.74) is 17.9. The van der Waals surface area contributed by atoms with Gasteiger partial charge in [-0.3, -0.25) is 0 Å². The minimum absolute atomic E-state index is 0. The van der Waals surface area contributed by atoms with Crippen LogP contribution in [0.1, 0.15) is 87.5 Å². The van der Waals surface area contributed by atoms with E-state index in [2.05, 4.69) is 172 Å². The van der Waals surface area contributed by atoms with Gasteiger partial charge in [0.2, 0.25) is 0 Å². The minimum atomic E-state index is 0. The summed E-state index contributed by atoms with van der Waals surface area (Å²) >= 11 is 0. The van der Waals surface area contributed by atoms with Gasteiger partial charge in [0.15, 0.2) is 0 Å². The fourth-order valence-electron chi connectivity index (χ4n) is 9.10. The second-order valence-electron chi connectivity index (χ2n) is 15.5. The standard InChI is InChI=1S/C54H52N.Ir/c1-3-33-54(34-4-2)51-28-13-12-27-49(51)50-31-29-47(38-52(50)54)53-32-30-48(39-55-53)46-26-16-25-45(37-46)44-24-15-23-43(36-44)42-22-14-21-41(35-42)20-9-6-5-8-17-40-18-10-7-11-19-40;/h7,10-16,18-19,21-28,30-32,35-39H,3-6,8-9,17,20,33-34H2,1-2H3;/q-1;. The maximum atomic E-state index is 5.02. The minimum Gasteiger partial charge on any atom is -0.304 e. The van der Waals surface area contributed by atoms with Crippen LogP contribution in [0.3, 0.4) is 0 Å². The Morgan fingerprint density at radius 3 is 1.70 bits per heavy atom. The molecule has 0 N–H and O–H groups in total. The molecule has 283 valence electrons. The Kier molecular flexibility index (Phi) is 12.9. The molecule has 0 saturated carbocycles. The number of nitrogens with zero attached hydrogens (tertiary/aromatic N) is 1. The molecule has 2 heteroatoms. The van der Waals surface area contributed by atoms with E-state index in [1.54, 1.807) is 0 Å². The molecule has 0 unspecified atom stereocenters. The summed E-state index contributed by atoms with van der Waals surface area (Å²) in [7, 11) is 0. The van der Waals surface area contributed by atoms with E-state index in [0.717, 1.165) is 48.9 Å². The zero-order valence-electron chi connectivity index (χ0n) is 32.9. The zero-order valence-corrected chi connectivity index (χ0v) is 35.3. The van der Waals surface area contributed by atoms with Crippen LogP contribution in [-0.2, 0) is 38.4 Å². The van der Waals surface area contributed by atoms with Gasteiger partial charge >= 0.3 is 0 Å². The van der Waals surface area contributed by atoms with Crippen LogP contribution < -0.4 is 0 Å². The molecule has 0 fully saturated rings. The Hall–Kier alpha value is -4.88. The van der Waals surface area contributed by atoms with Gasteiger partial charge in [-0.1, -0.05) is 178 Å². The Bertz CT molecular complexity index is 2350. The van der Waals surface area contributed by atoms with Crippen molar-refractivity contribution in [2.75, 3.05) is 0 Å². The molecule has 0 saturated heterocycles. The molecule has 6 aromatic carbocycles. The van der Waals surface area contributed by atoms with Crippen molar-refractivity contribution in [1.29, 1.82) is 0 Å². The van der Waals surface area contributed by atoms with Crippen LogP contribution >= 0.6 is 0 Å². The third-order valence-corrected chi connectivity index (χ3v) is 11.8. The molecule has 0 amide bonds. The van der Waals surface area contributed by atoms with Crippen LogP contribution in [0.2, 0.25) is 0 Å². The van der Waals surface area contributed by atoms with Crippen LogP contribution in [0, 0.1) is 6.07 Å². The Balaban J connectivity index is 0.00000480. The summed E-state index contributed by atoms with van der Waals surface area (Å²) in [4.78, 5) is 5.02. The molecule has 7 aromatic rings. The van der Waals surface area contributed by atoms with Gasteiger partial charge in [-0.15, -0.1) is 29.3 Å². The van der Waals surface area contributed by atoms with Crippen molar-refractivity contribution >= 4 is 0 Å². The molecular formula is C54H52IrN-. The fraction of sp³-hybridized carbons (Fsp3) is 0.241. The third kappa shape index (κ3) is 8.43. The van der Waals surface area contributed by atoms with Crippen molar-refractivity contribution < 1.29 is 20.1 Å². The number of aromatic nitrogens is 1. The van der Waals surface area contributed by atoms with Gasteiger partial charge in [-0.05, 0) is 106 Å². The van der Waals surface area contributed by atoms with Crippen LogP contribution in [0.5, 0.6) is 0 Å². The average Bonchev–Trinajstić information content (AvgIpc) is 3.51. The van der Waals surface area contributed by atoms with E-state index in [9.17, 15) is 0 Å². The summed E-state index contributed by atoms with van der Waals surface area (Å²) in [6.07, 6.45) is 14.0. The normalized spacial score (nSPS) is 12.5. The predicted molar refractivity (Wildman–Crippen MR) is 233 cm³/mol. The number of hydrogen-bond acceptors (Lipinski definition) is 1. The number of pyridine rings is 1. The van der Waals surface area contributed by atoms with Gasteiger partial charge in [0, 0.05) is 31.7 Å². The van der Waals surface area contributed by atoms with E-state index in [-0.39, 0.29) is 25.5 Å². The van der Waals surface area contributed by atoms with Gasteiger partial charge in [-0.2, -0.15) is 0 Å².